The highest BCUT2D eigenvalue weighted by molar-refractivity contribution is 4.71. The van der Waals surface area contributed by atoms with Gasteiger partial charge in [0.2, 0.25) is 0 Å². The molecule has 48 valence electrons. The average molecular weight is 115 g/mol. The van der Waals surface area contributed by atoms with E-state index >= 15 is 0 Å². The van der Waals surface area contributed by atoms with E-state index in [0.717, 1.165) is 6.61 Å². The lowest BCUT2D eigenvalue weighted by Gasteiger charge is -1.97. The van der Waals surface area contributed by atoms with Crippen molar-refractivity contribution in [1.29, 1.82) is 0 Å². The molecular weight excluding hydrogens is 102 g/mol. The van der Waals surface area contributed by atoms with Crippen molar-refractivity contribution in [2.75, 3.05) is 33.4 Å². The Hall–Kier alpha value is -0.0800. The zero-order valence-corrected chi connectivity index (χ0v) is 5.39. The van der Waals surface area contributed by atoms with Gasteiger partial charge in [-0.25, -0.2) is 0 Å². The van der Waals surface area contributed by atoms with E-state index in [0.29, 0.717) is 0 Å². The van der Waals surface area contributed by atoms with Gasteiger partial charge in [-0.1, -0.05) is 0 Å². The average Bonchev–Trinajstić information content (AvgIpc) is 2.51. The lowest BCUT2D eigenvalue weighted by atomic mass is 10.4. The van der Waals surface area contributed by atoms with Gasteiger partial charge in [0.25, 0.3) is 0 Å². The number of rotatable bonds is 4. The molecule has 2 heteroatoms. The molecule has 1 saturated heterocycles. The molecule has 0 aromatic carbocycles. The molecule has 0 unspecified atom stereocenters. The summed E-state index contributed by atoms with van der Waals surface area (Å²) in [5.41, 5.74) is 0. The van der Waals surface area contributed by atoms with Gasteiger partial charge in [-0.3, -0.25) is 0 Å². The molecule has 1 aliphatic rings. The van der Waals surface area contributed by atoms with Crippen LogP contribution in [0.25, 0.3) is 0 Å². The molecule has 2 nitrogen and oxygen atoms in total. The molecular formula is C6H13NO. The molecule has 8 heavy (non-hydrogen) atoms. The second-order valence-electron chi connectivity index (χ2n) is 2.19. The third kappa shape index (κ3) is 2.28. The Morgan fingerprint density at radius 1 is 1.50 bits per heavy atom. The van der Waals surface area contributed by atoms with Gasteiger partial charge in [-0.15, -0.1) is 0 Å². The summed E-state index contributed by atoms with van der Waals surface area (Å²) in [6.07, 6.45) is 1.19. The van der Waals surface area contributed by atoms with Gasteiger partial charge in [-0.05, 0) is 6.42 Å². The molecule has 1 aliphatic heterocycles. The van der Waals surface area contributed by atoms with Crippen molar-refractivity contribution in [2.24, 2.45) is 0 Å². The fourth-order valence-electron chi connectivity index (χ4n) is 0.727. The van der Waals surface area contributed by atoms with Gasteiger partial charge in [0.15, 0.2) is 0 Å². The first kappa shape index (κ1) is 6.05. The van der Waals surface area contributed by atoms with Gasteiger partial charge in [0.1, 0.15) is 0 Å². The van der Waals surface area contributed by atoms with E-state index in [1.807, 2.05) is 0 Å². The molecule has 0 bridgehead atoms. The first-order valence-corrected chi connectivity index (χ1v) is 3.15. The second kappa shape index (κ2) is 3.05. The Morgan fingerprint density at radius 2 is 2.25 bits per heavy atom. The summed E-state index contributed by atoms with van der Waals surface area (Å²) >= 11 is 0. The highest BCUT2D eigenvalue weighted by atomic mass is 16.5. The van der Waals surface area contributed by atoms with Crippen LogP contribution < -0.4 is 0 Å². The summed E-state index contributed by atoms with van der Waals surface area (Å²) in [6.45, 7) is 4.76. The van der Waals surface area contributed by atoms with Crippen molar-refractivity contribution in [2.45, 2.75) is 6.42 Å². The Balaban J connectivity index is 1.74. The third-order valence-electron chi connectivity index (χ3n) is 1.36. The van der Waals surface area contributed by atoms with Crippen LogP contribution in [0.4, 0.5) is 0 Å². The van der Waals surface area contributed by atoms with Crippen LogP contribution >= 0.6 is 0 Å². The van der Waals surface area contributed by atoms with Gasteiger partial charge in [0.05, 0.1) is 0 Å². The molecule has 1 rings (SSSR count). The lowest BCUT2D eigenvalue weighted by molar-refractivity contribution is 0.190. The normalized spacial score (nSPS) is 19.1. The number of hydrogen-bond donors (Lipinski definition) is 0. The fraction of sp³-hybridized carbons (Fsp3) is 1.00. The predicted molar refractivity (Wildman–Crippen MR) is 32.9 cm³/mol. The highest BCUT2D eigenvalue weighted by Crippen LogP contribution is 2.02. The van der Waals surface area contributed by atoms with Crippen molar-refractivity contribution in [1.82, 2.24) is 4.90 Å². The minimum atomic E-state index is 0.913. The topological polar surface area (TPSA) is 12.2 Å². The monoisotopic (exact) mass is 115 g/mol. The van der Waals surface area contributed by atoms with Crippen LogP contribution in [0.5, 0.6) is 0 Å². The second-order valence-corrected chi connectivity index (χ2v) is 2.19. The Labute approximate surface area is 50.4 Å². The molecule has 0 aromatic rings. The summed E-state index contributed by atoms with van der Waals surface area (Å²) in [5.74, 6) is 0. The van der Waals surface area contributed by atoms with E-state index < -0.39 is 0 Å². The minimum absolute atomic E-state index is 0.913. The molecule has 1 fully saturated rings. The van der Waals surface area contributed by atoms with Gasteiger partial charge >= 0.3 is 0 Å². The van der Waals surface area contributed by atoms with Gasteiger partial charge in [-0.2, -0.15) is 0 Å². The maximum absolute atomic E-state index is 4.89. The smallest absolute Gasteiger partial charge is 0.0474 e. The summed E-state index contributed by atoms with van der Waals surface area (Å²) < 4.78 is 4.89. The van der Waals surface area contributed by atoms with Crippen LogP contribution in [0.1, 0.15) is 6.42 Å². The standard InChI is InChI=1S/C6H13NO/c1-8-6-2-3-7-4-5-7/h2-6H2,1H3. The zero-order chi connectivity index (χ0) is 5.82. The predicted octanol–water partition coefficient (Wildman–Crippen LogP) is 0.339. The fourth-order valence-corrected chi connectivity index (χ4v) is 0.727. The largest absolute Gasteiger partial charge is 0.385 e. The zero-order valence-electron chi connectivity index (χ0n) is 5.39. The summed E-state index contributed by atoms with van der Waals surface area (Å²) in [6, 6.07) is 0. The van der Waals surface area contributed by atoms with E-state index in [2.05, 4.69) is 4.90 Å². The van der Waals surface area contributed by atoms with Crippen molar-refractivity contribution in [3.63, 3.8) is 0 Å². The molecule has 0 aromatic heterocycles. The highest BCUT2D eigenvalue weighted by Gasteiger charge is 2.14. The first-order valence-electron chi connectivity index (χ1n) is 3.15. The van der Waals surface area contributed by atoms with Crippen LogP contribution in [-0.2, 0) is 4.74 Å². The Bertz CT molecular complexity index is 61.5. The molecule has 0 spiro atoms. The van der Waals surface area contributed by atoms with Gasteiger partial charge in [0, 0.05) is 33.4 Å². The van der Waals surface area contributed by atoms with E-state index in [1.165, 1.54) is 26.1 Å². The van der Waals surface area contributed by atoms with Crippen LogP contribution in [-0.4, -0.2) is 38.3 Å². The van der Waals surface area contributed by atoms with E-state index in [9.17, 15) is 0 Å². The van der Waals surface area contributed by atoms with E-state index in [4.69, 9.17) is 4.74 Å². The molecule has 0 N–H and O–H groups in total. The summed E-state index contributed by atoms with van der Waals surface area (Å²) in [4.78, 5) is 2.40. The lowest BCUT2D eigenvalue weighted by Crippen LogP contribution is -2.02. The maximum Gasteiger partial charge on any atom is 0.0474 e. The molecule has 0 saturated carbocycles. The summed E-state index contributed by atoms with van der Waals surface area (Å²) in [7, 11) is 1.75. The van der Waals surface area contributed by atoms with Crippen molar-refractivity contribution in [3.05, 3.63) is 0 Å². The van der Waals surface area contributed by atoms with Crippen molar-refractivity contribution in [3.8, 4) is 0 Å². The Kier molecular flexibility index (Phi) is 2.30. The van der Waals surface area contributed by atoms with Crippen LogP contribution in [0, 0.1) is 0 Å². The van der Waals surface area contributed by atoms with Gasteiger partial charge < -0.3 is 9.64 Å². The number of ether oxygens (including phenoxy) is 1. The molecule has 0 atom stereocenters. The van der Waals surface area contributed by atoms with Crippen LogP contribution in [0.2, 0.25) is 0 Å². The molecule has 1 heterocycles. The van der Waals surface area contributed by atoms with Crippen molar-refractivity contribution < 1.29 is 4.74 Å². The van der Waals surface area contributed by atoms with Crippen LogP contribution in [0.3, 0.4) is 0 Å². The number of nitrogens with zero attached hydrogens (tertiary/aromatic N) is 1. The number of methoxy groups -OCH3 is 1. The van der Waals surface area contributed by atoms with E-state index in [-0.39, 0.29) is 0 Å². The SMILES string of the molecule is COCCCN1CC1. The Morgan fingerprint density at radius 3 is 2.75 bits per heavy atom. The molecule has 0 amide bonds. The van der Waals surface area contributed by atoms with Crippen LogP contribution in [0.15, 0.2) is 0 Å². The summed E-state index contributed by atoms with van der Waals surface area (Å²) in [5, 5.41) is 0. The maximum atomic E-state index is 4.89. The van der Waals surface area contributed by atoms with E-state index in [1.54, 1.807) is 7.11 Å². The molecule has 0 radical (unpaired) electrons. The third-order valence-corrected chi connectivity index (χ3v) is 1.36. The number of hydrogen-bond acceptors (Lipinski definition) is 2. The van der Waals surface area contributed by atoms with Crippen molar-refractivity contribution >= 4 is 0 Å². The first-order chi connectivity index (χ1) is 3.93. The molecule has 0 aliphatic carbocycles. The minimum Gasteiger partial charge on any atom is -0.385 e. The quantitative estimate of drug-likeness (QED) is 0.387.